The highest BCUT2D eigenvalue weighted by Gasteiger charge is 2.38. The zero-order valence-corrected chi connectivity index (χ0v) is 17.7. The van der Waals surface area contributed by atoms with E-state index in [9.17, 15) is 27.6 Å². The Morgan fingerprint density at radius 1 is 1.21 bits per heavy atom. The van der Waals surface area contributed by atoms with E-state index in [1.54, 1.807) is 11.5 Å². The molecule has 1 saturated heterocycles. The van der Waals surface area contributed by atoms with Gasteiger partial charge in [0, 0.05) is 26.2 Å². The summed E-state index contributed by atoms with van der Waals surface area (Å²) in [5.74, 6) is 2.93. The third kappa shape index (κ3) is 6.13. The zero-order chi connectivity index (χ0) is 24.8. The minimum absolute atomic E-state index is 0.149. The van der Waals surface area contributed by atoms with Crippen LogP contribution in [0.1, 0.15) is 6.92 Å². The van der Waals surface area contributed by atoms with Crippen LogP contribution >= 0.6 is 0 Å². The minimum atomic E-state index is -5.08. The summed E-state index contributed by atoms with van der Waals surface area (Å²) in [7, 11) is 1.23. The summed E-state index contributed by atoms with van der Waals surface area (Å²) >= 11 is 0. The van der Waals surface area contributed by atoms with Gasteiger partial charge in [0.25, 0.3) is 5.56 Å². The van der Waals surface area contributed by atoms with Crippen molar-refractivity contribution in [2.45, 2.75) is 26.2 Å². The Bertz CT molecular complexity index is 1200. The summed E-state index contributed by atoms with van der Waals surface area (Å²) in [5, 5.41) is 10.4. The summed E-state index contributed by atoms with van der Waals surface area (Å²) < 4.78 is 39.2. The van der Waals surface area contributed by atoms with Gasteiger partial charge >= 0.3 is 23.8 Å². The van der Waals surface area contributed by atoms with E-state index < -0.39 is 29.4 Å². The first-order valence-electron chi connectivity index (χ1n) is 9.46. The van der Waals surface area contributed by atoms with Gasteiger partial charge in [-0.15, -0.1) is 5.92 Å². The number of aliphatic carboxylic acids is 1. The number of ether oxygens (including phenoxy) is 1. The molecule has 2 aromatic rings. The van der Waals surface area contributed by atoms with Gasteiger partial charge in [-0.2, -0.15) is 18.2 Å². The van der Waals surface area contributed by atoms with Crippen molar-refractivity contribution in [1.29, 1.82) is 0 Å². The Hall–Kier alpha value is -3.80. The Morgan fingerprint density at radius 3 is 2.33 bits per heavy atom. The molecule has 1 fully saturated rings. The van der Waals surface area contributed by atoms with Crippen molar-refractivity contribution < 1.29 is 32.6 Å². The summed E-state index contributed by atoms with van der Waals surface area (Å²) in [5.41, 5.74) is -0.899. The second-order valence-corrected chi connectivity index (χ2v) is 6.56. The molecule has 180 valence electrons. The highest BCUT2D eigenvalue weighted by Crippen LogP contribution is 2.20. The first-order valence-corrected chi connectivity index (χ1v) is 9.46. The molecule has 12 nitrogen and oxygen atoms in total. The largest absolute Gasteiger partial charge is 0.490 e. The summed E-state index contributed by atoms with van der Waals surface area (Å²) in [6, 6.07) is 0. The number of aromatic amines is 1. The molecule has 0 saturated carbocycles. The zero-order valence-electron chi connectivity index (χ0n) is 17.7. The molecule has 0 radical (unpaired) electrons. The van der Waals surface area contributed by atoms with Crippen LogP contribution in [-0.2, 0) is 27.4 Å². The van der Waals surface area contributed by atoms with Gasteiger partial charge in [0.1, 0.15) is 6.54 Å². The van der Waals surface area contributed by atoms with Crippen molar-refractivity contribution in [2.75, 3.05) is 38.2 Å². The van der Waals surface area contributed by atoms with Gasteiger partial charge < -0.3 is 20.1 Å². The fraction of sp³-hybridized carbons (Fsp3) is 0.500. The number of anilines is 1. The van der Waals surface area contributed by atoms with Crippen molar-refractivity contribution in [3.8, 4) is 11.8 Å². The monoisotopic (exact) mass is 474 g/mol. The standard InChI is InChI=1S/C16H20N6O4.C2HF3O2/c1-3-4-7-21-12-13(18-15(21)20-8-5-17-6-9-20)22(10-11(23)26-2)16(25)19-14(12)24;3-2(4,5)1(6)7/h17H,5-10H2,1-2H3,(H,19,24,25);(H,6,7). The maximum Gasteiger partial charge on any atom is 0.490 e. The lowest BCUT2D eigenvalue weighted by Gasteiger charge is -2.28. The number of hydrogen-bond acceptors (Lipinski definition) is 8. The number of halogens is 3. The number of alkyl halides is 3. The minimum Gasteiger partial charge on any atom is -0.475 e. The summed E-state index contributed by atoms with van der Waals surface area (Å²) in [6.07, 6.45) is -5.08. The number of nitrogens with one attached hydrogen (secondary N) is 2. The number of esters is 1. The molecule has 0 spiro atoms. The average Bonchev–Trinajstić information content (AvgIpc) is 3.15. The number of methoxy groups -OCH3 is 1. The molecule has 33 heavy (non-hydrogen) atoms. The molecule has 0 aromatic carbocycles. The highest BCUT2D eigenvalue weighted by molar-refractivity contribution is 5.77. The molecule has 2 aromatic heterocycles. The average molecular weight is 474 g/mol. The predicted molar refractivity (Wildman–Crippen MR) is 109 cm³/mol. The number of H-pyrrole nitrogens is 1. The van der Waals surface area contributed by atoms with Gasteiger partial charge in [0.05, 0.1) is 13.7 Å². The Morgan fingerprint density at radius 2 is 1.82 bits per heavy atom. The second-order valence-electron chi connectivity index (χ2n) is 6.56. The van der Waals surface area contributed by atoms with E-state index in [0.717, 1.165) is 17.7 Å². The van der Waals surface area contributed by atoms with E-state index in [0.29, 0.717) is 19.0 Å². The molecule has 0 atom stereocenters. The van der Waals surface area contributed by atoms with Gasteiger partial charge in [-0.25, -0.2) is 9.59 Å². The predicted octanol–water partition coefficient (Wildman–Crippen LogP) is -0.874. The molecule has 3 N–H and O–H groups in total. The van der Waals surface area contributed by atoms with Crippen molar-refractivity contribution in [1.82, 2.24) is 24.4 Å². The van der Waals surface area contributed by atoms with Crippen molar-refractivity contribution in [2.24, 2.45) is 0 Å². The fourth-order valence-corrected chi connectivity index (χ4v) is 2.92. The number of imidazole rings is 1. The molecule has 0 amide bonds. The van der Waals surface area contributed by atoms with Gasteiger partial charge in [-0.3, -0.25) is 23.7 Å². The number of aromatic nitrogens is 4. The van der Waals surface area contributed by atoms with Crippen LogP contribution in [0.15, 0.2) is 9.59 Å². The Kier molecular flexibility index (Phi) is 8.24. The summed E-state index contributed by atoms with van der Waals surface area (Å²) in [6.45, 7) is 4.62. The SMILES string of the molecule is CC#CCn1c(N2CCNCC2)nc2c1c(=O)[nH]c(=O)n2CC(=O)OC.O=C(O)C(F)(F)F. The molecule has 3 rings (SSSR count). The first-order chi connectivity index (χ1) is 15.5. The van der Waals surface area contributed by atoms with Crippen LogP contribution in [-0.4, -0.2) is 75.6 Å². The van der Waals surface area contributed by atoms with E-state index >= 15 is 0 Å². The lowest BCUT2D eigenvalue weighted by molar-refractivity contribution is -0.192. The van der Waals surface area contributed by atoms with E-state index in [1.165, 1.54) is 7.11 Å². The van der Waals surface area contributed by atoms with Crippen LogP contribution < -0.4 is 21.5 Å². The molecule has 0 bridgehead atoms. The normalized spacial score (nSPS) is 13.5. The van der Waals surface area contributed by atoms with Crippen molar-refractivity contribution >= 4 is 29.1 Å². The number of nitrogens with zero attached hydrogens (tertiary/aromatic N) is 4. The number of piperazine rings is 1. The number of carboxylic acid groups (broad SMARTS) is 1. The Labute approximate surface area is 184 Å². The number of carboxylic acids is 1. The van der Waals surface area contributed by atoms with E-state index in [-0.39, 0.29) is 24.3 Å². The van der Waals surface area contributed by atoms with Crippen molar-refractivity contribution in [3.05, 3.63) is 20.8 Å². The molecule has 0 unspecified atom stereocenters. The van der Waals surface area contributed by atoms with Crippen LogP contribution in [0.5, 0.6) is 0 Å². The maximum absolute atomic E-state index is 12.5. The van der Waals surface area contributed by atoms with E-state index in [4.69, 9.17) is 9.90 Å². The first kappa shape index (κ1) is 25.5. The number of rotatable bonds is 4. The molecule has 0 aliphatic carbocycles. The second kappa shape index (κ2) is 10.7. The topological polar surface area (TPSA) is 152 Å². The molecule has 15 heteroatoms. The third-order valence-corrected chi connectivity index (χ3v) is 4.44. The number of fused-ring (bicyclic) bond motifs is 1. The highest BCUT2D eigenvalue weighted by atomic mass is 19.4. The van der Waals surface area contributed by atoms with Crippen LogP contribution in [0.2, 0.25) is 0 Å². The number of carbonyl (C=O) groups excluding carboxylic acids is 1. The quantitative estimate of drug-likeness (QED) is 0.379. The lowest BCUT2D eigenvalue weighted by Crippen LogP contribution is -2.44. The molecular weight excluding hydrogens is 453 g/mol. The van der Waals surface area contributed by atoms with Crippen LogP contribution in [0.4, 0.5) is 19.1 Å². The van der Waals surface area contributed by atoms with Gasteiger partial charge in [0.2, 0.25) is 5.95 Å². The molecule has 1 aliphatic rings. The number of hydrogen-bond donors (Lipinski definition) is 3. The molecular formula is C18H21F3N6O6. The smallest absolute Gasteiger partial charge is 0.475 e. The number of carbonyl (C=O) groups is 2. The van der Waals surface area contributed by atoms with Crippen LogP contribution in [0.25, 0.3) is 11.2 Å². The molecule has 1 aliphatic heterocycles. The van der Waals surface area contributed by atoms with Crippen LogP contribution in [0.3, 0.4) is 0 Å². The van der Waals surface area contributed by atoms with E-state index in [2.05, 4.69) is 31.9 Å². The van der Waals surface area contributed by atoms with Gasteiger partial charge in [-0.1, -0.05) is 5.92 Å². The summed E-state index contributed by atoms with van der Waals surface area (Å²) in [4.78, 5) is 54.1. The maximum atomic E-state index is 12.5. The van der Waals surface area contributed by atoms with Gasteiger partial charge in [0.15, 0.2) is 11.2 Å². The lowest BCUT2D eigenvalue weighted by atomic mass is 10.4. The Balaban J connectivity index is 0.000000479. The van der Waals surface area contributed by atoms with Crippen LogP contribution in [0, 0.1) is 11.8 Å². The fourth-order valence-electron chi connectivity index (χ4n) is 2.92. The molecule has 3 heterocycles. The van der Waals surface area contributed by atoms with E-state index in [1.807, 2.05) is 4.90 Å². The van der Waals surface area contributed by atoms with Gasteiger partial charge in [-0.05, 0) is 6.92 Å². The van der Waals surface area contributed by atoms with Crippen molar-refractivity contribution in [3.63, 3.8) is 0 Å². The third-order valence-electron chi connectivity index (χ3n) is 4.44.